The topological polar surface area (TPSA) is 166 Å². The van der Waals surface area contributed by atoms with E-state index in [1.54, 1.807) is 6.07 Å². The fourth-order valence-electron chi connectivity index (χ4n) is 5.53. The number of amides is 3. The molecular formula is C26H37Cl2N9O3. The lowest BCUT2D eigenvalue weighted by atomic mass is 9.97. The summed E-state index contributed by atoms with van der Waals surface area (Å²) in [7, 11) is 0. The number of aromatic nitrogens is 2. The maximum absolute atomic E-state index is 12.3. The first-order chi connectivity index (χ1) is 19.2. The molecule has 0 bridgehead atoms. The van der Waals surface area contributed by atoms with Crippen molar-refractivity contribution in [1.29, 1.82) is 0 Å². The Bertz CT molecular complexity index is 1210. The standard InChI is InChI=1S/C26H37Cl2N9O3/c1-2-18-15-36(24-22(28)33-21(23(29)34-24)25(39)31-7-12-38)10-11-37(18)19-5-8-35(9-6-19)14-16-3-4-17(27)13-20(16)32-26(30)40/h3-4,13,18-19,38H,2,5-12,14-15H2,1H3,(H2,29,34)(H,31,39)(H3,30,32,40)/t18-/m0/s1. The number of likely N-dealkylation sites (tertiary alicyclic amines) is 1. The number of nitrogens with zero attached hydrogens (tertiary/aromatic N) is 5. The molecular weight excluding hydrogens is 557 g/mol. The van der Waals surface area contributed by atoms with Crippen LogP contribution < -0.4 is 27.0 Å². The number of primary amides is 1. The van der Waals surface area contributed by atoms with Gasteiger partial charge in [-0.2, -0.15) is 0 Å². The number of carbonyl (C=O) groups excluding carboxylic acids is 2. The number of anilines is 3. The minimum absolute atomic E-state index is 0.00700. The molecule has 4 rings (SSSR count). The van der Waals surface area contributed by atoms with Crippen LogP contribution in [0.1, 0.15) is 42.2 Å². The Hall–Kier alpha value is -2.90. The van der Waals surface area contributed by atoms with Crippen LogP contribution in [0.3, 0.4) is 0 Å². The SMILES string of the molecule is CC[C@H]1CN(c2nc(N)c(C(=O)NCCO)nc2Cl)CCN1C1CCN(Cc2ccc(Cl)cc2NC(N)=O)CC1. The summed E-state index contributed by atoms with van der Waals surface area (Å²) in [6.45, 7) is 6.96. The fourth-order valence-corrected chi connectivity index (χ4v) is 5.95. The molecule has 1 aromatic heterocycles. The van der Waals surface area contributed by atoms with E-state index in [-0.39, 0.29) is 29.8 Å². The van der Waals surface area contributed by atoms with Crippen LogP contribution in [0.25, 0.3) is 0 Å². The van der Waals surface area contributed by atoms with Gasteiger partial charge in [-0.1, -0.05) is 36.2 Å². The Kier molecular flexibility index (Phi) is 10.3. The molecule has 2 saturated heterocycles. The van der Waals surface area contributed by atoms with Crippen molar-refractivity contribution in [2.24, 2.45) is 5.73 Å². The zero-order chi connectivity index (χ0) is 28.8. The Morgan fingerprint density at radius 3 is 2.58 bits per heavy atom. The van der Waals surface area contributed by atoms with Crippen molar-refractivity contribution in [2.75, 3.05) is 61.8 Å². The number of halogens is 2. The van der Waals surface area contributed by atoms with E-state index in [0.717, 1.165) is 51.0 Å². The number of nitrogens with two attached hydrogens (primary N) is 2. The number of aliphatic hydroxyl groups excluding tert-OH is 1. The third-order valence-electron chi connectivity index (χ3n) is 7.52. The first kappa shape index (κ1) is 30.1. The molecule has 0 aliphatic carbocycles. The van der Waals surface area contributed by atoms with E-state index in [2.05, 4.69) is 42.2 Å². The van der Waals surface area contributed by atoms with Crippen LogP contribution in [0.4, 0.5) is 22.1 Å². The summed E-state index contributed by atoms with van der Waals surface area (Å²) in [4.78, 5) is 39.4. The summed E-state index contributed by atoms with van der Waals surface area (Å²) in [5, 5.41) is 14.8. The molecule has 1 atom stereocenters. The smallest absolute Gasteiger partial charge is 0.316 e. The molecule has 2 aliphatic heterocycles. The van der Waals surface area contributed by atoms with Crippen LogP contribution >= 0.6 is 23.2 Å². The predicted octanol–water partition coefficient (Wildman–Crippen LogP) is 2.14. The average Bonchev–Trinajstić information content (AvgIpc) is 2.94. The number of piperidine rings is 1. The van der Waals surface area contributed by atoms with Gasteiger partial charge < -0.3 is 32.1 Å². The molecule has 218 valence electrons. The average molecular weight is 595 g/mol. The van der Waals surface area contributed by atoms with Crippen LogP contribution in [0, 0.1) is 0 Å². The van der Waals surface area contributed by atoms with Crippen LogP contribution in [-0.4, -0.2) is 94.8 Å². The van der Waals surface area contributed by atoms with Crippen LogP contribution in [0.5, 0.6) is 0 Å². The van der Waals surface area contributed by atoms with Crippen molar-refractivity contribution >= 4 is 52.5 Å². The molecule has 14 heteroatoms. The first-order valence-corrected chi connectivity index (χ1v) is 14.3. The van der Waals surface area contributed by atoms with Crippen molar-refractivity contribution < 1.29 is 14.7 Å². The minimum atomic E-state index is -0.610. The van der Waals surface area contributed by atoms with E-state index < -0.39 is 11.9 Å². The van der Waals surface area contributed by atoms with E-state index in [4.69, 9.17) is 39.8 Å². The maximum atomic E-state index is 12.3. The van der Waals surface area contributed by atoms with Gasteiger partial charge in [0.25, 0.3) is 5.91 Å². The molecule has 1 aromatic carbocycles. The van der Waals surface area contributed by atoms with E-state index in [0.29, 0.717) is 41.7 Å². The fraction of sp³-hybridized carbons (Fsp3) is 0.538. The number of piperazine rings is 1. The molecule has 3 amide bonds. The highest BCUT2D eigenvalue weighted by molar-refractivity contribution is 6.32. The summed E-state index contributed by atoms with van der Waals surface area (Å²) in [5.41, 5.74) is 13.0. The molecule has 0 unspecified atom stereocenters. The molecule has 0 saturated carbocycles. The molecule has 2 aromatic rings. The Labute approximate surface area is 244 Å². The highest BCUT2D eigenvalue weighted by Gasteiger charge is 2.34. The predicted molar refractivity (Wildman–Crippen MR) is 157 cm³/mol. The van der Waals surface area contributed by atoms with Crippen molar-refractivity contribution in [3.05, 3.63) is 39.6 Å². The minimum Gasteiger partial charge on any atom is -0.395 e. The van der Waals surface area contributed by atoms with E-state index in [9.17, 15) is 9.59 Å². The van der Waals surface area contributed by atoms with Crippen LogP contribution in [0.15, 0.2) is 18.2 Å². The van der Waals surface area contributed by atoms with Crippen molar-refractivity contribution in [2.45, 2.75) is 44.8 Å². The van der Waals surface area contributed by atoms with Gasteiger partial charge in [-0.3, -0.25) is 14.6 Å². The number of hydrogen-bond acceptors (Lipinski definition) is 9. The van der Waals surface area contributed by atoms with Gasteiger partial charge in [0.15, 0.2) is 22.5 Å². The molecule has 2 aliphatic rings. The van der Waals surface area contributed by atoms with Gasteiger partial charge in [0.05, 0.1) is 6.61 Å². The Balaban J connectivity index is 1.36. The van der Waals surface area contributed by atoms with E-state index >= 15 is 0 Å². The largest absolute Gasteiger partial charge is 0.395 e. The number of hydrogen-bond donors (Lipinski definition) is 5. The molecule has 7 N–H and O–H groups in total. The normalized spacial score (nSPS) is 19.0. The molecule has 0 spiro atoms. The molecule has 40 heavy (non-hydrogen) atoms. The van der Waals surface area contributed by atoms with Gasteiger partial charge in [-0.25, -0.2) is 14.8 Å². The van der Waals surface area contributed by atoms with Crippen molar-refractivity contribution in [3.63, 3.8) is 0 Å². The molecule has 2 fully saturated rings. The summed E-state index contributed by atoms with van der Waals surface area (Å²) in [6.07, 6.45) is 3.04. The lowest BCUT2D eigenvalue weighted by Gasteiger charge is -2.47. The first-order valence-electron chi connectivity index (χ1n) is 13.5. The van der Waals surface area contributed by atoms with E-state index in [1.165, 1.54) is 0 Å². The Morgan fingerprint density at radius 1 is 1.15 bits per heavy atom. The van der Waals surface area contributed by atoms with Gasteiger partial charge >= 0.3 is 6.03 Å². The summed E-state index contributed by atoms with van der Waals surface area (Å²) in [5.74, 6) is -0.0341. The highest BCUT2D eigenvalue weighted by atomic mass is 35.5. The van der Waals surface area contributed by atoms with Crippen LogP contribution in [-0.2, 0) is 6.54 Å². The van der Waals surface area contributed by atoms with Gasteiger partial charge in [0.2, 0.25) is 0 Å². The Morgan fingerprint density at radius 2 is 1.90 bits per heavy atom. The van der Waals surface area contributed by atoms with E-state index in [1.807, 2.05) is 12.1 Å². The summed E-state index contributed by atoms with van der Waals surface area (Å²) < 4.78 is 0. The summed E-state index contributed by atoms with van der Waals surface area (Å²) in [6, 6.07) is 5.64. The number of carbonyl (C=O) groups is 2. The maximum Gasteiger partial charge on any atom is 0.316 e. The molecule has 3 heterocycles. The summed E-state index contributed by atoms with van der Waals surface area (Å²) >= 11 is 12.6. The van der Waals surface area contributed by atoms with Crippen molar-refractivity contribution in [3.8, 4) is 0 Å². The second kappa shape index (κ2) is 13.6. The third kappa shape index (κ3) is 7.24. The lowest BCUT2D eigenvalue weighted by Crippen LogP contribution is -2.58. The molecule has 12 nitrogen and oxygen atoms in total. The third-order valence-corrected chi connectivity index (χ3v) is 8.01. The van der Waals surface area contributed by atoms with Gasteiger partial charge in [0.1, 0.15) is 0 Å². The molecule has 0 radical (unpaired) electrons. The number of nitrogens with one attached hydrogen (secondary N) is 2. The second-order valence-corrected chi connectivity index (χ2v) is 10.9. The lowest BCUT2D eigenvalue weighted by molar-refractivity contribution is 0.0611. The zero-order valence-electron chi connectivity index (χ0n) is 22.6. The van der Waals surface area contributed by atoms with Gasteiger partial charge in [-0.15, -0.1) is 0 Å². The van der Waals surface area contributed by atoms with Gasteiger partial charge in [-0.05, 0) is 50.0 Å². The van der Waals surface area contributed by atoms with Gasteiger partial charge in [0, 0.05) is 55.5 Å². The quantitative estimate of drug-likeness (QED) is 0.292. The number of aliphatic hydroxyl groups is 1. The number of urea groups is 1. The number of nitrogen functional groups attached to an aromatic ring is 1. The van der Waals surface area contributed by atoms with Crippen molar-refractivity contribution in [1.82, 2.24) is 25.1 Å². The number of benzene rings is 1. The van der Waals surface area contributed by atoms with Crippen LogP contribution in [0.2, 0.25) is 10.2 Å². The second-order valence-electron chi connectivity index (χ2n) is 10.1. The zero-order valence-corrected chi connectivity index (χ0v) is 24.1. The number of rotatable bonds is 9. The monoisotopic (exact) mass is 593 g/mol. The highest BCUT2D eigenvalue weighted by Crippen LogP contribution is 2.30.